The molecule has 0 saturated heterocycles. The highest BCUT2D eigenvalue weighted by Crippen LogP contribution is 2.26. The highest BCUT2D eigenvalue weighted by atomic mass is 32.1. The quantitative estimate of drug-likeness (QED) is 0.915. The Kier molecular flexibility index (Phi) is 3.26. The number of rotatable bonds is 2. The number of hydrogen-bond acceptors (Lipinski definition) is 5. The lowest BCUT2D eigenvalue weighted by Gasteiger charge is -2.21. The summed E-state index contributed by atoms with van der Waals surface area (Å²) in [6, 6.07) is 0. The van der Waals surface area contributed by atoms with Crippen molar-refractivity contribution in [2.24, 2.45) is 5.92 Å². The molecule has 0 aliphatic heterocycles. The van der Waals surface area contributed by atoms with Crippen LogP contribution in [0.25, 0.3) is 10.1 Å². The molecule has 1 fully saturated rings. The monoisotopic (exact) mass is 278 g/mol. The summed E-state index contributed by atoms with van der Waals surface area (Å²) in [7, 11) is 0. The Morgan fingerprint density at radius 2 is 2.11 bits per heavy atom. The maximum absolute atomic E-state index is 12.4. The molecule has 0 bridgehead atoms. The maximum Gasteiger partial charge on any atom is 0.286 e. The fraction of sp³-hybridized carbons (Fsp3) is 0.615. The highest BCUT2D eigenvalue weighted by molar-refractivity contribution is 7.13. The molecule has 6 heteroatoms. The third-order valence-electron chi connectivity index (χ3n) is 3.94. The predicted octanol–water partition coefficient (Wildman–Crippen LogP) is 2.32. The minimum Gasteiger partial charge on any atom is -0.382 e. The summed E-state index contributed by atoms with van der Waals surface area (Å²) in [4.78, 5) is 12.4. The highest BCUT2D eigenvalue weighted by Gasteiger charge is 2.18. The molecular formula is C13H18N4OS. The summed E-state index contributed by atoms with van der Waals surface area (Å²) in [6.07, 6.45) is 6.27. The molecule has 0 radical (unpaired) electrons. The van der Waals surface area contributed by atoms with E-state index in [-0.39, 0.29) is 5.56 Å². The molecule has 0 aromatic carbocycles. The molecule has 1 aliphatic carbocycles. The van der Waals surface area contributed by atoms with E-state index < -0.39 is 0 Å². The van der Waals surface area contributed by atoms with Gasteiger partial charge >= 0.3 is 0 Å². The van der Waals surface area contributed by atoms with E-state index in [0.717, 1.165) is 17.6 Å². The van der Waals surface area contributed by atoms with Crippen molar-refractivity contribution in [3.63, 3.8) is 0 Å². The van der Waals surface area contributed by atoms with Gasteiger partial charge in [0.1, 0.15) is 10.5 Å². The molecule has 0 spiro atoms. The average molecular weight is 278 g/mol. The zero-order valence-electron chi connectivity index (χ0n) is 11.1. The normalized spacial score (nSPS) is 17.1. The largest absolute Gasteiger partial charge is 0.382 e. The maximum atomic E-state index is 12.4. The van der Waals surface area contributed by atoms with Crippen molar-refractivity contribution in [3.8, 4) is 0 Å². The number of fused-ring (bicyclic) bond motifs is 1. The van der Waals surface area contributed by atoms with Gasteiger partial charge in [-0.25, -0.2) is 4.68 Å². The van der Waals surface area contributed by atoms with Crippen LogP contribution in [0, 0.1) is 12.8 Å². The van der Waals surface area contributed by atoms with Crippen molar-refractivity contribution in [2.45, 2.75) is 45.6 Å². The first-order chi connectivity index (χ1) is 9.16. The second-order valence-corrected chi connectivity index (χ2v) is 6.12. The van der Waals surface area contributed by atoms with Crippen LogP contribution < -0.4 is 11.3 Å². The van der Waals surface area contributed by atoms with Crippen molar-refractivity contribution in [1.29, 1.82) is 0 Å². The van der Waals surface area contributed by atoms with Crippen LogP contribution in [-0.4, -0.2) is 14.2 Å². The van der Waals surface area contributed by atoms with Crippen LogP contribution in [-0.2, 0) is 6.54 Å². The molecule has 2 N–H and O–H groups in total. The Balaban J connectivity index is 1.99. The first kappa shape index (κ1) is 12.6. The van der Waals surface area contributed by atoms with Crippen molar-refractivity contribution >= 4 is 27.4 Å². The van der Waals surface area contributed by atoms with Gasteiger partial charge in [0.05, 0.1) is 11.1 Å². The van der Waals surface area contributed by atoms with E-state index in [0.29, 0.717) is 16.4 Å². The molecule has 5 nitrogen and oxygen atoms in total. The third-order valence-corrected chi connectivity index (χ3v) is 4.78. The minimum absolute atomic E-state index is 0.0413. The summed E-state index contributed by atoms with van der Waals surface area (Å²) in [5, 5.41) is 5.15. The fourth-order valence-electron chi connectivity index (χ4n) is 2.93. The number of nitrogens with two attached hydrogens (primary N) is 1. The summed E-state index contributed by atoms with van der Waals surface area (Å²) in [5.41, 5.74) is 6.55. The average Bonchev–Trinajstić information content (AvgIpc) is 2.80. The van der Waals surface area contributed by atoms with Gasteiger partial charge in [-0.2, -0.15) is 9.47 Å². The standard InChI is InChI=1S/C13H18N4OS/c1-8-10-11(19-16-12(10)14)13(18)17(15-8)7-9-5-3-2-4-6-9/h9H,2-7H2,1H3,(H2,14,16). The molecule has 2 aromatic heterocycles. The van der Waals surface area contributed by atoms with Crippen LogP contribution in [0.3, 0.4) is 0 Å². The number of nitrogens with zero attached hydrogens (tertiary/aromatic N) is 3. The third kappa shape index (κ3) is 2.25. The SMILES string of the molecule is Cc1nn(CC2CCCCC2)c(=O)c2snc(N)c12. The Bertz CT molecular complexity index is 654. The Morgan fingerprint density at radius 1 is 1.37 bits per heavy atom. The van der Waals surface area contributed by atoms with Gasteiger partial charge in [-0.1, -0.05) is 19.3 Å². The van der Waals surface area contributed by atoms with Crippen LogP contribution >= 0.6 is 11.5 Å². The van der Waals surface area contributed by atoms with Gasteiger partial charge in [0, 0.05) is 6.54 Å². The van der Waals surface area contributed by atoms with Gasteiger partial charge in [0.2, 0.25) is 0 Å². The van der Waals surface area contributed by atoms with E-state index >= 15 is 0 Å². The lowest BCUT2D eigenvalue weighted by Crippen LogP contribution is -2.27. The molecule has 102 valence electrons. The van der Waals surface area contributed by atoms with Gasteiger partial charge in [-0.15, -0.1) is 0 Å². The van der Waals surface area contributed by atoms with Crippen LogP contribution in [0.15, 0.2) is 4.79 Å². The Morgan fingerprint density at radius 3 is 2.84 bits per heavy atom. The molecule has 2 heterocycles. The van der Waals surface area contributed by atoms with E-state index in [1.54, 1.807) is 4.68 Å². The summed E-state index contributed by atoms with van der Waals surface area (Å²) >= 11 is 1.18. The van der Waals surface area contributed by atoms with E-state index in [4.69, 9.17) is 5.73 Å². The first-order valence-electron chi connectivity index (χ1n) is 6.79. The smallest absolute Gasteiger partial charge is 0.286 e. The Labute approximate surface area is 115 Å². The first-order valence-corrected chi connectivity index (χ1v) is 7.56. The van der Waals surface area contributed by atoms with Gasteiger partial charge in [0.25, 0.3) is 5.56 Å². The van der Waals surface area contributed by atoms with Crippen molar-refractivity contribution in [2.75, 3.05) is 5.73 Å². The van der Waals surface area contributed by atoms with E-state index in [1.807, 2.05) is 6.92 Å². The minimum atomic E-state index is -0.0413. The summed E-state index contributed by atoms with van der Waals surface area (Å²) in [6.45, 7) is 2.62. The van der Waals surface area contributed by atoms with Crippen molar-refractivity contribution in [3.05, 3.63) is 16.0 Å². The number of anilines is 1. The fourth-order valence-corrected chi connectivity index (χ4v) is 3.74. The number of hydrogen-bond donors (Lipinski definition) is 1. The number of aryl methyl sites for hydroxylation is 1. The van der Waals surface area contributed by atoms with E-state index in [2.05, 4.69) is 9.47 Å². The van der Waals surface area contributed by atoms with Crippen LogP contribution in [0.1, 0.15) is 37.8 Å². The molecule has 3 rings (SSSR count). The second kappa shape index (κ2) is 4.92. The van der Waals surface area contributed by atoms with Crippen LogP contribution in [0.2, 0.25) is 0 Å². The zero-order chi connectivity index (χ0) is 13.4. The molecule has 1 aliphatic rings. The van der Waals surface area contributed by atoms with Gasteiger partial charge in [0.15, 0.2) is 0 Å². The molecule has 2 aromatic rings. The van der Waals surface area contributed by atoms with Crippen LogP contribution in [0.4, 0.5) is 5.82 Å². The van der Waals surface area contributed by atoms with Crippen molar-refractivity contribution in [1.82, 2.24) is 14.2 Å². The van der Waals surface area contributed by atoms with Gasteiger partial charge in [-0.3, -0.25) is 4.79 Å². The van der Waals surface area contributed by atoms with E-state index in [9.17, 15) is 4.79 Å². The topological polar surface area (TPSA) is 73.8 Å². The Hall–Kier alpha value is -1.43. The molecule has 0 unspecified atom stereocenters. The molecule has 19 heavy (non-hydrogen) atoms. The lowest BCUT2D eigenvalue weighted by molar-refractivity contribution is 0.303. The number of nitrogen functional groups attached to an aromatic ring is 1. The molecular weight excluding hydrogens is 260 g/mol. The molecule has 1 saturated carbocycles. The van der Waals surface area contributed by atoms with Gasteiger partial charge in [-0.05, 0) is 37.2 Å². The van der Waals surface area contributed by atoms with Crippen LogP contribution in [0.5, 0.6) is 0 Å². The van der Waals surface area contributed by atoms with E-state index in [1.165, 1.54) is 43.6 Å². The predicted molar refractivity (Wildman–Crippen MR) is 77.4 cm³/mol. The number of aromatic nitrogens is 3. The second-order valence-electron chi connectivity index (χ2n) is 5.35. The van der Waals surface area contributed by atoms with Crippen molar-refractivity contribution < 1.29 is 0 Å². The summed E-state index contributed by atoms with van der Waals surface area (Å²) < 4.78 is 6.33. The lowest BCUT2D eigenvalue weighted by atomic mass is 9.89. The zero-order valence-corrected chi connectivity index (χ0v) is 11.9. The molecule has 0 atom stereocenters. The molecule has 0 amide bonds. The summed E-state index contributed by atoms with van der Waals surface area (Å²) in [5.74, 6) is 1.01. The van der Waals surface area contributed by atoms with Gasteiger partial charge < -0.3 is 5.73 Å².